The molecule has 0 aromatic heterocycles. The molecule has 1 rings (SSSR count). The molecule has 0 spiro atoms. The number of methoxy groups -OCH3 is 1. The van der Waals surface area contributed by atoms with E-state index < -0.39 is 0 Å². The summed E-state index contributed by atoms with van der Waals surface area (Å²) in [4.78, 5) is 21.8. The van der Waals surface area contributed by atoms with Gasteiger partial charge in [0.2, 0.25) is 0 Å². The number of halogens is 1. The minimum atomic E-state index is -0.0763. The lowest BCUT2D eigenvalue weighted by Gasteiger charge is -2.08. The van der Waals surface area contributed by atoms with E-state index in [1.54, 1.807) is 12.1 Å². The van der Waals surface area contributed by atoms with Gasteiger partial charge in [0.15, 0.2) is 12.1 Å². The van der Waals surface area contributed by atoms with E-state index in [4.69, 9.17) is 4.74 Å². The smallest absolute Gasteiger partial charge is 0.161 e. The summed E-state index contributed by atoms with van der Waals surface area (Å²) in [5, 5.41) is 0. The molecular formula is C10H9BrO3. The molecule has 0 bridgehead atoms. The molecule has 0 atom stereocenters. The van der Waals surface area contributed by atoms with Gasteiger partial charge in [-0.25, -0.2) is 0 Å². The Bertz CT molecular complexity index is 385. The summed E-state index contributed by atoms with van der Waals surface area (Å²) in [5.74, 6) is 0.320. The van der Waals surface area contributed by atoms with E-state index in [9.17, 15) is 9.59 Å². The van der Waals surface area contributed by atoms with Crippen LogP contribution in [0.2, 0.25) is 0 Å². The number of rotatable bonds is 3. The number of ether oxygens (including phenoxy) is 1. The van der Waals surface area contributed by atoms with Crippen molar-refractivity contribution in [2.75, 3.05) is 7.11 Å². The van der Waals surface area contributed by atoms with Crippen LogP contribution in [0.3, 0.4) is 0 Å². The van der Waals surface area contributed by atoms with Gasteiger partial charge in [-0.2, -0.15) is 0 Å². The summed E-state index contributed by atoms with van der Waals surface area (Å²) in [6, 6.07) is 3.16. The van der Waals surface area contributed by atoms with E-state index >= 15 is 0 Å². The van der Waals surface area contributed by atoms with Crippen LogP contribution in [-0.4, -0.2) is 19.2 Å². The second-order valence-electron chi connectivity index (χ2n) is 2.72. The highest BCUT2D eigenvalue weighted by Crippen LogP contribution is 2.31. The molecule has 0 aliphatic carbocycles. The Balaban J connectivity index is 3.42. The van der Waals surface area contributed by atoms with Crippen LogP contribution in [0.4, 0.5) is 0 Å². The maximum atomic E-state index is 11.2. The highest BCUT2D eigenvalue weighted by atomic mass is 79.9. The predicted octanol–water partition coefficient (Wildman–Crippen LogP) is 2.47. The van der Waals surface area contributed by atoms with Gasteiger partial charge in [-0.05, 0) is 35.0 Å². The fourth-order valence-corrected chi connectivity index (χ4v) is 1.95. The van der Waals surface area contributed by atoms with Crippen molar-refractivity contribution in [3.8, 4) is 5.75 Å². The monoisotopic (exact) mass is 256 g/mol. The largest absolute Gasteiger partial charge is 0.495 e. The van der Waals surface area contributed by atoms with E-state index in [-0.39, 0.29) is 5.78 Å². The number of hydrogen-bond acceptors (Lipinski definition) is 3. The third-order valence-corrected chi connectivity index (χ3v) is 2.63. The van der Waals surface area contributed by atoms with Gasteiger partial charge >= 0.3 is 0 Å². The van der Waals surface area contributed by atoms with Crippen molar-refractivity contribution < 1.29 is 14.3 Å². The zero-order chi connectivity index (χ0) is 10.7. The number of Topliss-reactive ketones (excluding diaryl/α,β-unsaturated/α-hetero) is 1. The third kappa shape index (κ3) is 1.85. The van der Waals surface area contributed by atoms with Gasteiger partial charge in [0.1, 0.15) is 5.75 Å². The Morgan fingerprint density at radius 3 is 2.57 bits per heavy atom. The van der Waals surface area contributed by atoms with E-state index in [1.807, 2.05) is 0 Å². The van der Waals surface area contributed by atoms with E-state index in [1.165, 1.54) is 14.0 Å². The second-order valence-corrected chi connectivity index (χ2v) is 3.52. The minimum absolute atomic E-state index is 0.0763. The summed E-state index contributed by atoms with van der Waals surface area (Å²) in [6.45, 7) is 1.46. The Labute approximate surface area is 90.2 Å². The van der Waals surface area contributed by atoms with Gasteiger partial charge in [-0.1, -0.05) is 0 Å². The molecule has 0 heterocycles. The molecule has 0 aliphatic rings. The van der Waals surface area contributed by atoms with E-state index in [2.05, 4.69) is 15.9 Å². The van der Waals surface area contributed by atoms with Crippen molar-refractivity contribution >= 4 is 28.0 Å². The SMILES string of the molecule is COc1c(C=O)ccc(C(C)=O)c1Br. The average molecular weight is 257 g/mol. The lowest BCUT2D eigenvalue weighted by molar-refractivity contribution is 0.101. The summed E-state index contributed by atoms with van der Waals surface area (Å²) < 4.78 is 5.55. The standard InChI is InChI=1S/C10H9BrO3/c1-6(13)8-4-3-7(5-12)10(14-2)9(8)11/h3-5H,1-2H3. The Kier molecular flexibility index (Phi) is 3.41. The maximum Gasteiger partial charge on any atom is 0.161 e. The van der Waals surface area contributed by atoms with Gasteiger partial charge in [-0.3, -0.25) is 9.59 Å². The molecule has 0 amide bonds. The normalized spacial score (nSPS) is 9.64. The average Bonchev–Trinajstić information content (AvgIpc) is 2.16. The zero-order valence-electron chi connectivity index (χ0n) is 7.83. The molecule has 0 radical (unpaired) electrons. The fourth-order valence-electron chi connectivity index (χ4n) is 1.14. The molecule has 0 saturated carbocycles. The van der Waals surface area contributed by atoms with Crippen molar-refractivity contribution in [3.63, 3.8) is 0 Å². The van der Waals surface area contributed by atoms with Gasteiger partial charge in [-0.15, -0.1) is 0 Å². The summed E-state index contributed by atoms with van der Waals surface area (Å²) >= 11 is 3.23. The number of carbonyl (C=O) groups excluding carboxylic acids is 2. The quantitative estimate of drug-likeness (QED) is 0.617. The van der Waals surface area contributed by atoms with Crippen LogP contribution >= 0.6 is 15.9 Å². The van der Waals surface area contributed by atoms with Gasteiger partial charge in [0, 0.05) is 5.56 Å². The molecule has 4 heteroatoms. The Hall–Kier alpha value is -1.16. The zero-order valence-corrected chi connectivity index (χ0v) is 9.42. The lowest BCUT2D eigenvalue weighted by atomic mass is 10.1. The molecule has 0 fully saturated rings. The number of hydrogen-bond donors (Lipinski definition) is 0. The number of ketones is 1. The fraction of sp³-hybridized carbons (Fsp3) is 0.200. The first-order valence-corrected chi connectivity index (χ1v) is 4.73. The predicted molar refractivity (Wildman–Crippen MR) is 56.1 cm³/mol. The second kappa shape index (κ2) is 4.37. The molecule has 0 saturated heterocycles. The van der Waals surface area contributed by atoms with Crippen LogP contribution in [0.15, 0.2) is 16.6 Å². The Morgan fingerprint density at radius 2 is 2.14 bits per heavy atom. The molecule has 0 unspecified atom stereocenters. The summed E-state index contributed by atoms with van der Waals surface area (Å²) in [7, 11) is 1.46. The first kappa shape index (κ1) is 10.9. The first-order valence-electron chi connectivity index (χ1n) is 3.94. The topological polar surface area (TPSA) is 43.4 Å². The van der Waals surface area contributed by atoms with Gasteiger partial charge < -0.3 is 4.74 Å². The number of benzene rings is 1. The molecule has 0 N–H and O–H groups in total. The molecule has 0 aliphatic heterocycles. The first-order chi connectivity index (χ1) is 6.61. The molecule has 3 nitrogen and oxygen atoms in total. The van der Waals surface area contributed by atoms with Crippen molar-refractivity contribution in [1.29, 1.82) is 0 Å². The minimum Gasteiger partial charge on any atom is -0.495 e. The van der Waals surface area contributed by atoms with Crippen LogP contribution in [0, 0.1) is 0 Å². The van der Waals surface area contributed by atoms with Crippen LogP contribution in [0.1, 0.15) is 27.6 Å². The number of carbonyl (C=O) groups is 2. The molecule has 74 valence electrons. The van der Waals surface area contributed by atoms with Crippen LogP contribution < -0.4 is 4.74 Å². The van der Waals surface area contributed by atoms with Gasteiger partial charge in [0.05, 0.1) is 17.1 Å². The van der Waals surface area contributed by atoms with E-state index in [0.29, 0.717) is 27.6 Å². The van der Waals surface area contributed by atoms with E-state index in [0.717, 1.165) is 0 Å². The van der Waals surface area contributed by atoms with Crippen molar-refractivity contribution in [2.45, 2.75) is 6.92 Å². The molecule has 14 heavy (non-hydrogen) atoms. The summed E-state index contributed by atoms with van der Waals surface area (Å²) in [6.07, 6.45) is 0.688. The lowest BCUT2D eigenvalue weighted by Crippen LogP contribution is -1.99. The van der Waals surface area contributed by atoms with Gasteiger partial charge in [0.25, 0.3) is 0 Å². The van der Waals surface area contributed by atoms with Crippen LogP contribution in [-0.2, 0) is 0 Å². The summed E-state index contributed by atoms with van der Waals surface area (Å²) in [5.41, 5.74) is 0.928. The van der Waals surface area contributed by atoms with Crippen molar-refractivity contribution in [2.24, 2.45) is 0 Å². The molecule has 1 aromatic rings. The molecular weight excluding hydrogens is 248 g/mol. The number of aldehydes is 1. The highest BCUT2D eigenvalue weighted by Gasteiger charge is 2.13. The van der Waals surface area contributed by atoms with Crippen LogP contribution in [0.25, 0.3) is 0 Å². The van der Waals surface area contributed by atoms with Crippen molar-refractivity contribution in [3.05, 3.63) is 27.7 Å². The van der Waals surface area contributed by atoms with Crippen LogP contribution in [0.5, 0.6) is 5.75 Å². The maximum absolute atomic E-state index is 11.2. The highest BCUT2D eigenvalue weighted by molar-refractivity contribution is 9.10. The third-order valence-electron chi connectivity index (χ3n) is 1.84. The molecule has 1 aromatic carbocycles. The Morgan fingerprint density at radius 1 is 1.50 bits per heavy atom. The van der Waals surface area contributed by atoms with Crippen molar-refractivity contribution in [1.82, 2.24) is 0 Å².